The SMILES string of the molecule is NC(=O)C(c1ccccc1)(c1ccccc1)C1CCN(CCc2cc(Br)c3c(c2)CCO3)C1. The molecular weight excluding hydrogens is 476 g/mol. The summed E-state index contributed by atoms with van der Waals surface area (Å²) in [5.41, 5.74) is 9.97. The van der Waals surface area contributed by atoms with Gasteiger partial charge in [-0.25, -0.2) is 0 Å². The zero-order valence-electron chi connectivity index (χ0n) is 18.7. The van der Waals surface area contributed by atoms with E-state index in [9.17, 15) is 4.79 Å². The highest BCUT2D eigenvalue weighted by Crippen LogP contribution is 2.43. The van der Waals surface area contributed by atoms with Crippen molar-refractivity contribution in [2.24, 2.45) is 11.7 Å². The summed E-state index contributed by atoms with van der Waals surface area (Å²) >= 11 is 3.66. The molecule has 2 N–H and O–H groups in total. The molecule has 0 aliphatic carbocycles. The second kappa shape index (κ2) is 9.32. The zero-order chi connectivity index (χ0) is 22.8. The van der Waals surface area contributed by atoms with Crippen molar-refractivity contribution in [3.8, 4) is 5.75 Å². The third kappa shape index (κ3) is 4.09. The van der Waals surface area contributed by atoms with Crippen molar-refractivity contribution >= 4 is 21.8 Å². The molecule has 0 saturated carbocycles. The van der Waals surface area contributed by atoms with E-state index in [1.54, 1.807) is 0 Å². The van der Waals surface area contributed by atoms with E-state index in [-0.39, 0.29) is 11.8 Å². The summed E-state index contributed by atoms with van der Waals surface area (Å²) in [5.74, 6) is 0.853. The lowest BCUT2D eigenvalue weighted by Crippen LogP contribution is -2.49. The molecule has 2 aliphatic heterocycles. The van der Waals surface area contributed by atoms with E-state index in [0.717, 1.165) is 66.9 Å². The largest absolute Gasteiger partial charge is 0.492 e. The number of ether oxygens (including phenoxy) is 1. The van der Waals surface area contributed by atoms with Crippen molar-refractivity contribution in [3.63, 3.8) is 0 Å². The van der Waals surface area contributed by atoms with Crippen molar-refractivity contribution in [1.82, 2.24) is 4.90 Å². The Balaban J connectivity index is 1.39. The number of halogens is 1. The number of rotatable bonds is 7. The smallest absolute Gasteiger partial charge is 0.232 e. The van der Waals surface area contributed by atoms with Gasteiger partial charge in [0.2, 0.25) is 5.91 Å². The molecule has 0 aromatic heterocycles. The quantitative estimate of drug-likeness (QED) is 0.506. The van der Waals surface area contributed by atoms with Gasteiger partial charge in [-0.2, -0.15) is 0 Å². The second-order valence-corrected chi connectivity index (χ2v) is 9.96. The van der Waals surface area contributed by atoms with Crippen LogP contribution in [-0.2, 0) is 23.1 Å². The summed E-state index contributed by atoms with van der Waals surface area (Å²) in [5, 5.41) is 0. The van der Waals surface area contributed by atoms with Crippen molar-refractivity contribution in [2.45, 2.75) is 24.7 Å². The molecule has 1 saturated heterocycles. The molecule has 3 aromatic rings. The van der Waals surface area contributed by atoms with E-state index in [2.05, 4.69) is 33.0 Å². The van der Waals surface area contributed by atoms with Crippen molar-refractivity contribution in [3.05, 3.63) is 99.5 Å². The molecule has 3 aromatic carbocycles. The van der Waals surface area contributed by atoms with Gasteiger partial charge in [-0.15, -0.1) is 0 Å². The van der Waals surface area contributed by atoms with Crippen LogP contribution >= 0.6 is 15.9 Å². The van der Waals surface area contributed by atoms with Gasteiger partial charge in [0, 0.05) is 19.5 Å². The number of carbonyl (C=O) groups excluding carboxylic acids is 1. The Bertz CT molecular complexity index is 1090. The van der Waals surface area contributed by atoms with Gasteiger partial charge in [0.05, 0.1) is 11.1 Å². The lowest BCUT2D eigenvalue weighted by molar-refractivity contribution is -0.123. The van der Waals surface area contributed by atoms with Gasteiger partial charge in [0.15, 0.2) is 0 Å². The van der Waals surface area contributed by atoms with Crippen LogP contribution in [0.4, 0.5) is 0 Å². The Hall–Kier alpha value is -2.63. The Morgan fingerprint density at radius 3 is 2.36 bits per heavy atom. The van der Waals surface area contributed by atoms with Crippen molar-refractivity contribution < 1.29 is 9.53 Å². The number of hydrogen-bond donors (Lipinski definition) is 1. The third-order valence-corrected chi connectivity index (χ3v) is 7.84. The molecule has 0 bridgehead atoms. The predicted molar refractivity (Wildman–Crippen MR) is 134 cm³/mol. The molecule has 5 rings (SSSR count). The van der Waals surface area contributed by atoms with E-state index in [0.29, 0.717) is 0 Å². The molecule has 0 radical (unpaired) electrons. The highest BCUT2D eigenvalue weighted by molar-refractivity contribution is 9.10. The fourth-order valence-corrected chi connectivity index (χ4v) is 6.33. The fraction of sp³-hybridized carbons (Fsp3) is 0.321. The molecule has 33 heavy (non-hydrogen) atoms. The van der Waals surface area contributed by atoms with Crippen LogP contribution in [0.2, 0.25) is 0 Å². The van der Waals surface area contributed by atoms with Crippen molar-refractivity contribution in [1.29, 1.82) is 0 Å². The minimum Gasteiger partial charge on any atom is -0.492 e. The first-order valence-electron chi connectivity index (χ1n) is 11.7. The average molecular weight is 505 g/mol. The van der Waals surface area contributed by atoms with Crippen LogP contribution in [0, 0.1) is 5.92 Å². The number of nitrogens with two attached hydrogens (primary N) is 1. The van der Waals surface area contributed by atoms with Gasteiger partial charge in [0.25, 0.3) is 0 Å². The molecule has 0 spiro atoms. The highest BCUT2D eigenvalue weighted by atomic mass is 79.9. The van der Waals surface area contributed by atoms with E-state index < -0.39 is 5.41 Å². The lowest BCUT2D eigenvalue weighted by atomic mass is 9.64. The van der Waals surface area contributed by atoms with Gasteiger partial charge < -0.3 is 15.4 Å². The van der Waals surface area contributed by atoms with Crippen LogP contribution in [0.15, 0.2) is 77.3 Å². The number of amides is 1. The number of likely N-dealkylation sites (tertiary alicyclic amines) is 1. The van der Waals surface area contributed by atoms with E-state index in [1.807, 2.05) is 60.7 Å². The molecule has 2 heterocycles. The summed E-state index contributed by atoms with van der Waals surface area (Å²) in [6, 6.07) is 24.6. The normalized spacial score (nSPS) is 18.2. The maximum Gasteiger partial charge on any atom is 0.232 e. The molecule has 4 nitrogen and oxygen atoms in total. The molecule has 1 atom stereocenters. The molecule has 1 unspecified atom stereocenters. The Morgan fingerprint density at radius 1 is 1.06 bits per heavy atom. The van der Waals surface area contributed by atoms with Crippen LogP contribution < -0.4 is 10.5 Å². The van der Waals surface area contributed by atoms with Gasteiger partial charge in [-0.1, -0.05) is 66.7 Å². The van der Waals surface area contributed by atoms with Gasteiger partial charge in [0.1, 0.15) is 11.2 Å². The van der Waals surface area contributed by atoms with Crippen LogP contribution in [0.1, 0.15) is 28.7 Å². The maximum absolute atomic E-state index is 13.2. The topological polar surface area (TPSA) is 55.6 Å². The first-order chi connectivity index (χ1) is 16.1. The summed E-state index contributed by atoms with van der Waals surface area (Å²) in [6.45, 7) is 3.54. The predicted octanol–water partition coefficient (Wildman–Crippen LogP) is 4.72. The number of primary amides is 1. The number of carbonyl (C=O) groups is 1. The van der Waals surface area contributed by atoms with E-state index in [4.69, 9.17) is 10.5 Å². The molecule has 1 fully saturated rings. The fourth-order valence-electron chi connectivity index (χ4n) is 5.67. The van der Waals surface area contributed by atoms with Crippen LogP contribution in [0.3, 0.4) is 0 Å². The Kier molecular flexibility index (Phi) is 6.26. The molecule has 170 valence electrons. The number of fused-ring (bicyclic) bond motifs is 1. The summed E-state index contributed by atoms with van der Waals surface area (Å²) in [4.78, 5) is 15.7. The molecular formula is C28H29BrN2O2. The van der Waals surface area contributed by atoms with Gasteiger partial charge >= 0.3 is 0 Å². The monoisotopic (exact) mass is 504 g/mol. The number of hydrogen-bond acceptors (Lipinski definition) is 3. The Labute approximate surface area is 203 Å². The van der Waals surface area contributed by atoms with E-state index >= 15 is 0 Å². The minimum atomic E-state index is -0.828. The summed E-state index contributed by atoms with van der Waals surface area (Å²) < 4.78 is 6.77. The standard InChI is InChI=1S/C28H29BrN2O2/c29-25-18-20(17-21-13-16-33-26(21)25)11-14-31-15-12-24(19-31)28(27(30)32,22-7-3-1-4-8-22)23-9-5-2-6-10-23/h1-10,17-18,24H,11-16,19H2,(H2,30,32). The summed E-state index contributed by atoms with van der Waals surface area (Å²) in [7, 11) is 0. The zero-order valence-corrected chi connectivity index (χ0v) is 20.3. The second-order valence-electron chi connectivity index (χ2n) is 9.10. The first-order valence-corrected chi connectivity index (χ1v) is 12.5. The van der Waals surface area contributed by atoms with Crippen LogP contribution in [0.25, 0.3) is 0 Å². The molecule has 2 aliphatic rings. The average Bonchev–Trinajstić information content (AvgIpc) is 3.50. The van der Waals surface area contributed by atoms with Gasteiger partial charge in [-0.3, -0.25) is 4.79 Å². The highest BCUT2D eigenvalue weighted by Gasteiger charge is 2.49. The molecule has 5 heteroatoms. The summed E-state index contributed by atoms with van der Waals surface area (Å²) in [6.07, 6.45) is 2.89. The minimum absolute atomic E-state index is 0.125. The van der Waals surface area contributed by atoms with Crippen molar-refractivity contribution in [2.75, 3.05) is 26.2 Å². The number of benzene rings is 3. The first kappa shape index (κ1) is 22.2. The van der Waals surface area contributed by atoms with E-state index in [1.165, 1.54) is 11.1 Å². The lowest BCUT2D eigenvalue weighted by Gasteiger charge is -2.37. The number of nitrogens with zero attached hydrogens (tertiary/aromatic N) is 1. The van der Waals surface area contributed by atoms with Gasteiger partial charge in [-0.05, 0) is 69.6 Å². The maximum atomic E-state index is 13.2. The van der Waals surface area contributed by atoms with Crippen LogP contribution in [0.5, 0.6) is 5.75 Å². The van der Waals surface area contributed by atoms with Crippen LogP contribution in [-0.4, -0.2) is 37.0 Å². The molecule has 1 amide bonds. The Morgan fingerprint density at radius 2 is 1.73 bits per heavy atom. The third-order valence-electron chi connectivity index (χ3n) is 7.25.